The van der Waals surface area contributed by atoms with Crippen LogP contribution in [0.25, 0.3) is 5.69 Å². The largest absolute Gasteiger partial charge is 0.481 e. The molecule has 23 heavy (non-hydrogen) atoms. The predicted octanol–water partition coefficient (Wildman–Crippen LogP) is 1.69. The van der Waals surface area contributed by atoms with Crippen LogP contribution in [0.2, 0.25) is 0 Å². The van der Waals surface area contributed by atoms with Crippen molar-refractivity contribution in [2.45, 2.75) is 32.8 Å². The fourth-order valence-corrected chi connectivity index (χ4v) is 2.70. The average Bonchev–Trinajstić information content (AvgIpc) is 3.10. The van der Waals surface area contributed by atoms with E-state index < -0.39 is 6.10 Å². The topological polar surface area (TPSA) is 73.1 Å². The molecule has 1 atom stereocenters. The van der Waals surface area contributed by atoms with Gasteiger partial charge in [-0.1, -0.05) is 6.92 Å². The molecule has 2 heterocycles. The number of aromatic nitrogens is 4. The molecular formula is C16H21N5O2. The molecule has 0 bridgehead atoms. The summed E-state index contributed by atoms with van der Waals surface area (Å²) in [5, 5.41) is 11.0. The summed E-state index contributed by atoms with van der Waals surface area (Å²) in [5.41, 5.74) is 0.839. The first-order valence-corrected chi connectivity index (χ1v) is 7.92. The lowest BCUT2D eigenvalue weighted by atomic mass is 9.99. The van der Waals surface area contributed by atoms with E-state index in [0.717, 1.165) is 31.6 Å². The summed E-state index contributed by atoms with van der Waals surface area (Å²) in [7, 11) is 0. The van der Waals surface area contributed by atoms with Crippen LogP contribution < -0.4 is 4.74 Å². The van der Waals surface area contributed by atoms with Gasteiger partial charge in [0.1, 0.15) is 12.1 Å². The van der Waals surface area contributed by atoms with Crippen molar-refractivity contribution in [2.75, 3.05) is 13.1 Å². The van der Waals surface area contributed by atoms with Crippen LogP contribution in [-0.4, -0.2) is 50.2 Å². The molecule has 0 saturated carbocycles. The Morgan fingerprint density at radius 2 is 1.96 bits per heavy atom. The molecule has 2 aromatic rings. The van der Waals surface area contributed by atoms with Crippen molar-refractivity contribution in [3.05, 3.63) is 30.6 Å². The highest BCUT2D eigenvalue weighted by atomic mass is 16.5. The number of likely N-dealkylation sites (tertiary alicyclic amines) is 1. The van der Waals surface area contributed by atoms with Crippen molar-refractivity contribution >= 4 is 5.91 Å². The van der Waals surface area contributed by atoms with Crippen molar-refractivity contribution < 1.29 is 9.53 Å². The van der Waals surface area contributed by atoms with Crippen LogP contribution in [0.15, 0.2) is 30.6 Å². The molecule has 1 amide bonds. The molecule has 3 rings (SSSR count). The average molecular weight is 315 g/mol. The Labute approximate surface area is 135 Å². The van der Waals surface area contributed by atoms with E-state index in [1.54, 1.807) is 11.6 Å². The summed E-state index contributed by atoms with van der Waals surface area (Å²) in [4.78, 5) is 14.3. The maximum absolute atomic E-state index is 12.4. The van der Waals surface area contributed by atoms with Crippen molar-refractivity contribution in [1.29, 1.82) is 0 Å². The smallest absolute Gasteiger partial charge is 0.263 e. The van der Waals surface area contributed by atoms with E-state index in [4.69, 9.17) is 4.74 Å². The zero-order chi connectivity index (χ0) is 16.2. The van der Waals surface area contributed by atoms with E-state index in [-0.39, 0.29) is 5.91 Å². The van der Waals surface area contributed by atoms with Gasteiger partial charge in [-0.3, -0.25) is 4.79 Å². The molecule has 122 valence electrons. The van der Waals surface area contributed by atoms with E-state index in [2.05, 4.69) is 22.4 Å². The Hall–Kier alpha value is -2.44. The first kappa shape index (κ1) is 15.5. The zero-order valence-corrected chi connectivity index (χ0v) is 13.4. The molecule has 0 unspecified atom stereocenters. The third-order valence-electron chi connectivity index (χ3n) is 4.21. The Morgan fingerprint density at radius 1 is 1.26 bits per heavy atom. The minimum Gasteiger partial charge on any atom is -0.481 e. The lowest BCUT2D eigenvalue weighted by molar-refractivity contribution is -0.139. The molecule has 0 radical (unpaired) electrons. The number of tetrazole rings is 1. The van der Waals surface area contributed by atoms with Gasteiger partial charge in [0.05, 0.1) is 5.69 Å². The first-order valence-electron chi connectivity index (χ1n) is 7.92. The molecule has 0 spiro atoms. The van der Waals surface area contributed by atoms with Crippen LogP contribution in [0.5, 0.6) is 5.75 Å². The number of rotatable bonds is 4. The number of amides is 1. The normalized spacial score (nSPS) is 17.0. The molecule has 1 aliphatic rings. The van der Waals surface area contributed by atoms with Gasteiger partial charge in [0.2, 0.25) is 0 Å². The standard InChI is InChI=1S/C16H21N5O2/c1-12-7-9-20(10-8-12)16(22)13(2)23-15-5-3-14(4-6-15)21-11-17-18-19-21/h3-6,11-13H,7-10H2,1-2H3/t13-/m1/s1. The SMILES string of the molecule is CC1CCN(C(=O)[C@@H](C)Oc2ccc(-n3cnnn3)cc2)CC1. The van der Waals surface area contributed by atoms with Crippen LogP contribution >= 0.6 is 0 Å². The highest BCUT2D eigenvalue weighted by Gasteiger charge is 2.25. The fourth-order valence-electron chi connectivity index (χ4n) is 2.70. The molecule has 0 aliphatic carbocycles. The second-order valence-corrected chi connectivity index (χ2v) is 6.02. The molecule has 1 saturated heterocycles. The predicted molar refractivity (Wildman–Crippen MR) is 84.2 cm³/mol. The number of piperidine rings is 1. The third kappa shape index (κ3) is 3.67. The Bertz CT molecular complexity index is 633. The zero-order valence-electron chi connectivity index (χ0n) is 13.4. The first-order chi connectivity index (χ1) is 11.1. The number of ether oxygens (including phenoxy) is 1. The number of hydrogen-bond acceptors (Lipinski definition) is 5. The summed E-state index contributed by atoms with van der Waals surface area (Å²) < 4.78 is 7.34. The lowest BCUT2D eigenvalue weighted by Crippen LogP contribution is -2.44. The van der Waals surface area contributed by atoms with E-state index in [1.165, 1.54) is 6.33 Å². The molecule has 1 aliphatic heterocycles. The van der Waals surface area contributed by atoms with Crippen LogP contribution in [-0.2, 0) is 4.79 Å². The number of carbonyl (C=O) groups is 1. The number of hydrogen-bond donors (Lipinski definition) is 0. The van der Waals surface area contributed by atoms with E-state index in [9.17, 15) is 4.79 Å². The lowest BCUT2D eigenvalue weighted by Gasteiger charge is -2.32. The van der Waals surface area contributed by atoms with Gasteiger partial charge in [0.25, 0.3) is 5.91 Å². The monoisotopic (exact) mass is 315 g/mol. The van der Waals surface area contributed by atoms with E-state index >= 15 is 0 Å². The van der Waals surface area contributed by atoms with Crippen molar-refractivity contribution in [2.24, 2.45) is 5.92 Å². The van der Waals surface area contributed by atoms with E-state index in [1.807, 2.05) is 29.2 Å². The molecule has 1 aromatic heterocycles. The number of benzene rings is 1. The molecule has 0 N–H and O–H groups in total. The van der Waals surface area contributed by atoms with Crippen LogP contribution in [0, 0.1) is 5.92 Å². The highest BCUT2D eigenvalue weighted by molar-refractivity contribution is 5.81. The molecule has 1 fully saturated rings. The summed E-state index contributed by atoms with van der Waals surface area (Å²) in [5.74, 6) is 1.42. The van der Waals surface area contributed by atoms with Crippen molar-refractivity contribution in [3.8, 4) is 11.4 Å². The second kappa shape index (κ2) is 6.76. The Balaban J connectivity index is 1.59. The number of nitrogens with zero attached hydrogens (tertiary/aromatic N) is 5. The van der Waals surface area contributed by atoms with Crippen molar-refractivity contribution in [1.82, 2.24) is 25.1 Å². The second-order valence-electron chi connectivity index (χ2n) is 6.02. The minimum absolute atomic E-state index is 0.0569. The molecular weight excluding hydrogens is 294 g/mol. The summed E-state index contributed by atoms with van der Waals surface area (Å²) in [6.07, 6.45) is 3.18. The van der Waals surface area contributed by atoms with Gasteiger partial charge in [0, 0.05) is 13.1 Å². The minimum atomic E-state index is -0.484. The summed E-state index contributed by atoms with van der Waals surface area (Å²) in [6, 6.07) is 7.34. The van der Waals surface area contributed by atoms with Gasteiger partial charge in [-0.05, 0) is 60.4 Å². The molecule has 1 aromatic carbocycles. The van der Waals surface area contributed by atoms with Gasteiger partial charge in [-0.2, -0.15) is 0 Å². The van der Waals surface area contributed by atoms with E-state index in [0.29, 0.717) is 11.7 Å². The fraction of sp³-hybridized carbons (Fsp3) is 0.500. The van der Waals surface area contributed by atoms with Crippen LogP contribution in [0.3, 0.4) is 0 Å². The third-order valence-corrected chi connectivity index (χ3v) is 4.21. The molecule has 7 nitrogen and oxygen atoms in total. The maximum atomic E-state index is 12.4. The maximum Gasteiger partial charge on any atom is 0.263 e. The van der Waals surface area contributed by atoms with Crippen molar-refractivity contribution in [3.63, 3.8) is 0 Å². The van der Waals surface area contributed by atoms with Gasteiger partial charge < -0.3 is 9.64 Å². The number of carbonyl (C=O) groups excluding carboxylic acids is 1. The Morgan fingerprint density at radius 3 is 2.57 bits per heavy atom. The van der Waals surface area contributed by atoms with Gasteiger partial charge in [0.15, 0.2) is 6.10 Å². The summed E-state index contributed by atoms with van der Waals surface area (Å²) in [6.45, 7) is 5.68. The quantitative estimate of drug-likeness (QED) is 0.858. The Kier molecular flexibility index (Phi) is 4.55. The van der Waals surface area contributed by atoms with Gasteiger partial charge >= 0.3 is 0 Å². The van der Waals surface area contributed by atoms with Crippen LogP contribution in [0.4, 0.5) is 0 Å². The highest BCUT2D eigenvalue weighted by Crippen LogP contribution is 2.19. The van der Waals surface area contributed by atoms with Gasteiger partial charge in [-0.15, -0.1) is 5.10 Å². The van der Waals surface area contributed by atoms with Gasteiger partial charge in [-0.25, -0.2) is 4.68 Å². The summed E-state index contributed by atoms with van der Waals surface area (Å²) >= 11 is 0. The van der Waals surface area contributed by atoms with Crippen LogP contribution in [0.1, 0.15) is 26.7 Å². The molecule has 7 heteroatoms.